The summed E-state index contributed by atoms with van der Waals surface area (Å²) >= 11 is 0. The molecule has 1 aromatic heterocycles. The molecule has 0 radical (unpaired) electrons. The van der Waals surface area contributed by atoms with Crippen molar-refractivity contribution in [1.29, 1.82) is 0 Å². The Morgan fingerprint density at radius 3 is 2.62 bits per heavy atom. The maximum atomic E-state index is 11.7. The predicted molar refractivity (Wildman–Crippen MR) is 78.6 cm³/mol. The largest absolute Gasteiger partial charge is 0.383 e. The molecule has 2 rings (SSSR count). The molecule has 0 unspecified atom stereocenters. The molecular formula is C13H16N4O4. The van der Waals surface area contributed by atoms with E-state index in [4.69, 9.17) is 4.74 Å². The van der Waals surface area contributed by atoms with Crippen LogP contribution < -0.4 is 21.8 Å². The Labute approximate surface area is 119 Å². The van der Waals surface area contributed by atoms with Gasteiger partial charge in [0, 0.05) is 19.3 Å². The molecule has 0 saturated heterocycles. The smallest absolute Gasteiger partial charge is 0.314 e. The van der Waals surface area contributed by atoms with Gasteiger partial charge in [-0.3, -0.25) is 14.4 Å². The van der Waals surface area contributed by atoms with Gasteiger partial charge in [-0.2, -0.15) is 0 Å². The first-order valence-corrected chi connectivity index (χ1v) is 6.36. The average Bonchev–Trinajstić information content (AvgIpc) is 2.45. The number of rotatable bonds is 6. The Balaban J connectivity index is 2.05. The first kappa shape index (κ1) is 14.9. The molecular weight excluding hydrogens is 276 g/mol. The summed E-state index contributed by atoms with van der Waals surface area (Å²) in [6.07, 6.45) is 0. The van der Waals surface area contributed by atoms with E-state index in [1.165, 1.54) is 0 Å². The monoisotopic (exact) mass is 292 g/mol. The highest BCUT2D eigenvalue weighted by Crippen LogP contribution is 2.13. The first-order valence-electron chi connectivity index (χ1n) is 6.36. The van der Waals surface area contributed by atoms with Crippen LogP contribution in [0.25, 0.3) is 11.0 Å². The SMILES string of the molecule is COCCNCC(=O)Nc1ccc2[nH]c(=O)c(=O)[nH]c2c1. The average molecular weight is 292 g/mol. The molecule has 0 aliphatic rings. The number of aromatic nitrogens is 2. The number of amides is 1. The van der Waals surface area contributed by atoms with Crippen molar-refractivity contribution in [2.45, 2.75) is 0 Å². The lowest BCUT2D eigenvalue weighted by atomic mass is 10.2. The van der Waals surface area contributed by atoms with Gasteiger partial charge < -0.3 is 25.3 Å². The van der Waals surface area contributed by atoms with Crippen LogP contribution in [0.3, 0.4) is 0 Å². The molecule has 1 aromatic carbocycles. The number of hydrogen-bond donors (Lipinski definition) is 4. The normalized spacial score (nSPS) is 10.7. The summed E-state index contributed by atoms with van der Waals surface area (Å²) in [4.78, 5) is 39.0. The van der Waals surface area contributed by atoms with Crippen molar-refractivity contribution < 1.29 is 9.53 Å². The third kappa shape index (κ3) is 4.01. The van der Waals surface area contributed by atoms with Crippen LogP contribution >= 0.6 is 0 Å². The molecule has 0 atom stereocenters. The molecule has 0 spiro atoms. The van der Waals surface area contributed by atoms with Crippen LogP contribution in [0, 0.1) is 0 Å². The fourth-order valence-corrected chi connectivity index (χ4v) is 1.77. The van der Waals surface area contributed by atoms with Crippen molar-refractivity contribution >= 4 is 22.6 Å². The number of benzene rings is 1. The first-order chi connectivity index (χ1) is 10.1. The van der Waals surface area contributed by atoms with Gasteiger partial charge in [-0.05, 0) is 18.2 Å². The van der Waals surface area contributed by atoms with Crippen LogP contribution in [-0.4, -0.2) is 42.7 Å². The summed E-state index contributed by atoms with van der Waals surface area (Å²) in [5.74, 6) is -0.211. The van der Waals surface area contributed by atoms with Crippen LogP contribution in [-0.2, 0) is 9.53 Å². The van der Waals surface area contributed by atoms with Gasteiger partial charge in [0.1, 0.15) is 0 Å². The van der Waals surface area contributed by atoms with Crippen LogP contribution in [0.15, 0.2) is 27.8 Å². The highest BCUT2D eigenvalue weighted by atomic mass is 16.5. The number of carbonyl (C=O) groups is 1. The summed E-state index contributed by atoms with van der Waals surface area (Å²) in [6, 6.07) is 4.84. The minimum Gasteiger partial charge on any atom is -0.383 e. The molecule has 1 heterocycles. The second-order valence-electron chi connectivity index (χ2n) is 4.39. The molecule has 21 heavy (non-hydrogen) atoms. The molecule has 0 saturated carbocycles. The zero-order valence-corrected chi connectivity index (χ0v) is 11.5. The number of anilines is 1. The van der Waals surface area contributed by atoms with Crippen molar-refractivity contribution in [1.82, 2.24) is 15.3 Å². The van der Waals surface area contributed by atoms with Gasteiger partial charge in [-0.15, -0.1) is 0 Å². The number of methoxy groups -OCH3 is 1. The predicted octanol–water partition coefficient (Wildman–Crippen LogP) is -0.609. The Bertz CT molecular complexity index is 750. The lowest BCUT2D eigenvalue weighted by Gasteiger charge is -2.07. The zero-order valence-electron chi connectivity index (χ0n) is 11.5. The quantitative estimate of drug-likeness (QED) is 0.419. The molecule has 0 fully saturated rings. The number of carbonyl (C=O) groups excluding carboxylic acids is 1. The number of hydrogen-bond acceptors (Lipinski definition) is 5. The van der Waals surface area contributed by atoms with Gasteiger partial charge in [0.2, 0.25) is 5.91 Å². The zero-order chi connectivity index (χ0) is 15.2. The molecule has 4 N–H and O–H groups in total. The fraction of sp³-hybridized carbons (Fsp3) is 0.308. The van der Waals surface area contributed by atoms with Gasteiger partial charge >= 0.3 is 11.1 Å². The number of fused-ring (bicyclic) bond motifs is 1. The van der Waals surface area contributed by atoms with Crippen molar-refractivity contribution in [2.24, 2.45) is 0 Å². The molecule has 0 aliphatic carbocycles. The lowest BCUT2D eigenvalue weighted by molar-refractivity contribution is -0.115. The summed E-state index contributed by atoms with van der Waals surface area (Å²) < 4.78 is 4.85. The second kappa shape index (κ2) is 6.82. The second-order valence-corrected chi connectivity index (χ2v) is 4.39. The maximum Gasteiger partial charge on any atom is 0.314 e. The number of aromatic amines is 2. The summed E-state index contributed by atoms with van der Waals surface area (Å²) in [5.41, 5.74) is 0.0399. The van der Waals surface area contributed by atoms with Crippen molar-refractivity contribution in [3.05, 3.63) is 38.9 Å². The Morgan fingerprint density at radius 1 is 1.19 bits per heavy atom. The Morgan fingerprint density at radius 2 is 1.90 bits per heavy atom. The van der Waals surface area contributed by atoms with Crippen molar-refractivity contribution in [3.63, 3.8) is 0 Å². The van der Waals surface area contributed by atoms with E-state index in [0.29, 0.717) is 29.9 Å². The molecule has 0 aliphatic heterocycles. The molecule has 0 bridgehead atoms. The fourth-order valence-electron chi connectivity index (χ4n) is 1.77. The summed E-state index contributed by atoms with van der Waals surface area (Å²) in [7, 11) is 1.59. The Hall–Kier alpha value is -2.45. The van der Waals surface area contributed by atoms with Gasteiger partial charge in [-0.25, -0.2) is 0 Å². The van der Waals surface area contributed by atoms with Gasteiger partial charge in [-0.1, -0.05) is 0 Å². The van der Waals surface area contributed by atoms with Crippen molar-refractivity contribution in [2.75, 3.05) is 32.1 Å². The van der Waals surface area contributed by atoms with E-state index in [1.807, 2.05) is 0 Å². The van der Waals surface area contributed by atoms with Gasteiger partial charge in [0.05, 0.1) is 24.2 Å². The van der Waals surface area contributed by atoms with Crippen LogP contribution in [0.1, 0.15) is 0 Å². The highest BCUT2D eigenvalue weighted by molar-refractivity contribution is 5.94. The highest BCUT2D eigenvalue weighted by Gasteiger charge is 2.04. The van der Waals surface area contributed by atoms with Crippen molar-refractivity contribution in [3.8, 4) is 0 Å². The number of nitrogens with one attached hydrogen (secondary N) is 4. The number of ether oxygens (including phenoxy) is 1. The molecule has 1 amide bonds. The van der Waals surface area contributed by atoms with E-state index in [9.17, 15) is 14.4 Å². The molecule has 8 nitrogen and oxygen atoms in total. The van der Waals surface area contributed by atoms with Crippen LogP contribution in [0.5, 0.6) is 0 Å². The van der Waals surface area contributed by atoms with Crippen LogP contribution in [0.4, 0.5) is 5.69 Å². The third-order valence-corrected chi connectivity index (χ3v) is 2.77. The van der Waals surface area contributed by atoms with E-state index < -0.39 is 11.1 Å². The van der Waals surface area contributed by atoms with Gasteiger partial charge in [0.15, 0.2) is 0 Å². The van der Waals surface area contributed by atoms with E-state index in [1.54, 1.807) is 25.3 Å². The van der Waals surface area contributed by atoms with E-state index in [0.717, 1.165) is 0 Å². The van der Waals surface area contributed by atoms with E-state index in [2.05, 4.69) is 20.6 Å². The Kier molecular flexibility index (Phi) is 4.85. The third-order valence-electron chi connectivity index (χ3n) is 2.77. The minimum absolute atomic E-state index is 0.156. The van der Waals surface area contributed by atoms with Gasteiger partial charge in [0.25, 0.3) is 0 Å². The number of H-pyrrole nitrogens is 2. The topological polar surface area (TPSA) is 116 Å². The maximum absolute atomic E-state index is 11.7. The lowest BCUT2D eigenvalue weighted by Crippen LogP contribution is -2.30. The van der Waals surface area contributed by atoms with Crippen LogP contribution in [0.2, 0.25) is 0 Å². The molecule has 8 heteroatoms. The minimum atomic E-state index is -0.729. The standard InChI is InChI=1S/C13H16N4O4/c1-21-5-4-14-7-11(18)15-8-2-3-9-10(6-8)17-13(20)12(19)16-9/h2-3,6,14H,4-5,7H2,1H3,(H,15,18)(H,16,19)(H,17,20). The molecule has 112 valence electrons. The summed E-state index contributed by atoms with van der Waals surface area (Å²) in [5, 5.41) is 5.61. The van der Waals surface area contributed by atoms with E-state index >= 15 is 0 Å². The summed E-state index contributed by atoms with van der Waals surface area (Å²) in [6.45, 7) is 1.26. The molecule has 2 aromatic rings. The van der Waals surface area contributed by atoms with E-state index in [-0.39, 0.29) is 12.5 Å².